The Morgan fingerprint density at radius 1 is 1.57 bits per heavy atom. The van der Waals surface area contributed by atoms with Gasteiger partial charge in [0.05, 0.1) is 0 Å². The van der Waals surface area contributed by atoms with Crippen LogP contribution in [-0.4, -0.2) is 10.5 Å². The Balaban J connectivity index is 3.20. The van der Waals surface area contributed by atoms with Crippen molar-refractivity contribution < 1.29 is 4.79 Å². The van der Waals surface area contributed by atoms with Crippen LogP contribution in [0.3, 0.4) is 0 Å². The number of rotatable bonds is 3. The van der Waals surface area contributed by atoms with Gasteiger partial charge >= 0.3 is 0 Å². The zero-order valence-corrected chi connectivity index (χ0v) is 8.87. The average molecular weight is 195 g/mol. The van der Waals surface area contributed by atoms with Gasteiger partial charge in [-0.05, 0) is 32.4 Å². The third-order valence-corrected chi connectivity index (χ3v) is 2.61. The Hall–Kier alpha value is -1.29. The average Bonchev–Trinajstić information content (AvgIpc) is 2.40. The number of aromatic nitrogens is 1. The van der Waals surface area contributed by atoms with E-state index in [1.54, 1.807) is 6.92 Å². The second-order valence-corrected chi connectivity index (χ2v) is 3.55. The lowest BCUT2D eigenvalue weighted by molar-refractivity contribution is -0.120. The molecule has 4 N–H and O–H groups in total. The molecule has 0 aliphatic heterocycles. The minimum Gasteiger partial charge on any atom is -0.368 e. The van der Waals surface area contributed by atoms with E-state index in [0.29, 0.717) is 6.54 Å². The van der Waals surface area contributed by atoms with Gasteiger partial charge in [-0.1, -0.05) is 0 Å². The Kier molecular flexibility index (Phi) is 2.96. The van der Waals surface area contributed by atoms with E-state index in [2.05, 4.69) is 0 Å². The molecular formula is C10H17N3O. The van der Waals surface area contributed by atoms with Crippen molar-refractivity contribution in [1.29, 1.82) is 0 Å². The fraction of sp³-hybridized carbons (Fsp3) is 0.500. The van der Waals surface area contributed by atoms with Crippen molar-refractivity contribution in [2.24, 2.45) is 11.5 Å². The Morgan fingerprint density at radius 2 is 2.14 bits per heavy atom. The Labute approximate surface area is 83.9 Å². The van der Waals surface area contributed by atoms with E-state index in [-0.39, 0.29) is 11.9 Å². The van der Waals surface area contributed by atoms with Gasteiger partial charge in [0.15, 0.2) is 0 Å². The molecule has 4 heteroatoms. The molecule has 0 aliphatic rings. The molecule has 1 heterocycles. The quantitative estimate of drug-likeness (QED) is 0.741. The predicted molar refractivity (Wildman–Crippen MR) is 55.7 cm³/mol. The van der Waals surface area contributed by atoms with Crippen molar-refractivity contribution in [1.82, 2.24) is 4.57 Å². The SMILES string of the molecule is Cc1cc(CN)c(C)n1C(C)C(N)=O. The number of hydrogen-bond acceptors (Lipinski definition) is 2. The molecule has 4 nitrogen and oxygen atoms in total. The van der Waals surface area contributed by atoms with Crippen LogP contribution in [0.15, 0.2) is 6.07 Å². The van der Waals surface area contributed by atoms with E-state index < -0.39 is 0 Å². The van der Waals surface area contributed by atoms with Gasteiger partial charge in [-0.2, -0.15) is 0 Å². The molecule has 0 bridgehead atoms. The molecule has 1 atom stereocenters. The summed E-state index contributed by atoms with van der Waals surface area (Å²) in [5, 5.41) is 0. The second kappa shape index (κ2) is 3.84. The zero-order chi connectivity index (χ0) is 10.9. The first kappa shape index (κ1) is 10.8. The molecule has 0 aromatic carbocycles. The molecule has 1 rings (SSSR count). The molecule has 0 fully saturated rings. The van der Waals surface area contributed by atoms with Crippen molar-refractivity contribution in [3.8, 4) is 0 Å². The van der Waals surface area contributed by atoms with Crippen LogP contribution in [0.25, 0.3) is 0 Å². The maximum Gasteiger partial charge on any atom is 0.240 e. The number of nitrogens with two attached hydrogens (primary N) is 2. The molecule has 0 radical (unpaired) electrons. The van der Waals surface area contributed by atoms with Crippen LogP contribution in [0.4, 0.5) is 0 Å². The van der Waals surface area contributed by atoms with Crippen LogP contribution in [0.1, 0.15) is 29.9 Å². The number of nitrogens with zero attached hydrogens (tertiary/aromatic N) is 1. The summed E-state index contributed by atoms with van der Waals surface area (Å²) < 4.78 is 1.92. The minimum absolute atomic E-state index is 0.310. The summed E-state index contributed by atoms with van der Waals surface area (Å²) in [5.74, 6) is -0.324. The number of primary amides is 1. The fourth-order valence-electron chi connectivity index (χ4n) is 1.78. The van der Waals surface area contributed by atoms with E-state index in [9.17, 15) is 4.79 Å². The Bertz CT molecular complexity index is 354. The van der Waals surface area contributed by atoms with Gasteiger partial charge < -0.3 is 16.0 Å². The van der Waals surface area contributed by atoms with Gasteiger partial charge in [0.1, 0.15) is 6.04 Å². The van der Waals surface area contributed by atoms with Crippen LogP contribution >= 0.6 is 0 Å². The van der Waals surface area contributed by atoms with E-state index >= 15 is 0 Å². The van der Waals surface area contributed by atoms with Gasteiger partial charge in [0.2, 0.25) is 5.91 Å². The highest BCUT2D eigenvalue weighted by Gasteiger charge is 2.16. The summed E-state index contributed by atoms with van der Waals surface area (Å²) in [7, 11) is 0. The van der Waals surface area contributed by atoms with E-state index in [1.165, 1.54) is 0 Å². The fourth-order valence-corrected chi connectivity index (χ4v) is 1.78. The first-order valence-corrected chi connectivity index (χ1v) is 4.65. The number of aryl methyl sites for hydroxylation is 1. The first-order chi connectivity index (χ1) is 6.49. The monoisotopic (exact) mass is 195 g/mol. The smallest absolute Gasteiger partial charge is 0.240 e. The van der Waals surface area contributed by atoms with E-state index in [4.69, 9.17) is 11.5 Å². The highest BCUT2D eigenvalue weighted by atomic mass is 16.1. The number of carbonyl (C=O) groups is 1. The number of amides is 1. The summed E-state index contributed by atoms with van der Waals surface area (Å²) >= 11 is 0. The molecule has 78 valence electrons. The third-order valence-electron chi connectivity index (χ3n) is 2.61. The number of hydrogen-bond donors (Lipinski definition) is 2. The van der Waals surface area contributed by atoms with Gasteiger partial charge in [0, 0.05) is 17.9 Å². The highest BCUT2D eigenvalue weighted by molar-refractivity contribution is 5.78. The molecular weight excluding hydrogens is 178 g/mol. The van der Waals surface area contributed by atoms with Gasteiger partial charge in [-0.15, -0.1) is 0 Å². The summed E-state index contributed by atoms with van der Waals surface area (Å²) in [6, 6.07) is 1.68. The molecule has 0 spiro atoms. The van der Waals surface area contributed by atoms with Crippen LogP contribution < -0.4 is 11.5 Å². The normalized spacial score (nSPS) is 12.9. The standard InChI is InChI=1S/C10H17N3O/c1-6-4-9(5-11)7(2)13(6)8(3)10(12)14/h4,8H,5,11H2,1-3H3,(H2,12,14). The lowest BCUT2D eigenvalue weighted by atomic mass is 10.2. The van der Waals surface area contributed by atoms with Crippen molar-refractivity contribution in [2.45, 2.75) is 33.4 Å². The largest absolute Gasteiger partial charge is 0.368 e. The van der Waals surface area contributed by atoms with Gasteiger partial charge in [-0.25, -0.2) is 0 Å². The molecule has 1 aromatic rings. The maximum absolute atomic E-state index is 11.1. The molecule has 1 amide bonds. The molecule has 1 aromatic heterocycles. The first-order valence-electron chi connectivity index (χ1n) is 4.65. The zero-order valence-electron chi connectivity index (χ0n) is 8.87. The highest BCUT2D eigenvalue weighted by Crippen LogP contribution is 2.19. The summed E-state index contributed by atoms with van der Waals surface area (Å²) in [6.45, 7) is 6.19. The van der Waals surface area contributed by atoms with Crippen molar-refractivity contribution in [3.63, 3.8) is 0 Å². The topological polar surface area (TPSA) is 74.0 Å². The van der Waals surface area contributed by atoms with Gasteiger partial charge in [-0.3, -0.25) is 4.79 Å². The van der Waals surface area contributed by atoms with Gasteiger partial charge in [0.25, 0.3) is 0 Å². The van der Waals surface area contributed by atoms with Crippen molar-refractivity contribution >= 4 is 5.91 Å². The van der Waals surface area contributed by atoms with Crippen LogP contribution in [0, 0.1) is 13.8 Å². The summed E-state index contributed by atoms with van der Waals surface area (Å²) in [5.41, 5.74) is 14.0. The lowest BCUT2D eigenvalue weighted by Gasteiger charge is -2.15. The summed E-state index contributed by atoms with van der Waals surface area (Å²) in [6.07, 6.45) is 0. The minimum atomic E-state index is -0.324. The van der Waals surface area contributed by atoms with Crippen molar-refractivity contribution in [2.75, 3.05) is 0 Å². The van der Waals surface area contributed by atoms with E-state index in [1.807, 2.05) is 24.5 Å². The molecule has 1 unspecified atom stereocenters. The van der Waals surface area contributed by atoms with Crippen LogP contribution in [-0.2, 0) is 11.3 Å². The summed E-state index contributed by atoms with van der Waals surface area (Å²) in [4.78, 5) is 11.1. The van der Waals surface area contributed by atoms with Crippen LogP contribution in [0.2, 0.25) is 0 Å². The number of carbonyl (C=O) groups excluding carboxylic acids is 1. The van der Waals surface area contributed by atoms with Crippen molar-refractivity contribution in [3.05, 3.63) is 23.0 Å². The van der Waals surface area contributed by atoms with Crippen LogP contribution in [0.5, 0.6) is 0 Å². The predicted octanol–water partition coefficient (Wildman–Crippen LogP) is 0.610. The molecule has 0 saturated heterocycles. The maximum atomic E-state index is 11.1. The second-order valence-electron chi connectivity index (χ2n) is 3.55. The molecule has 0 aliphatic carbocycles. The molecule has 14 heavy (non-hydrogen) atoms. The lowest BCUT2D eigenvalue weighted by Crippen LogP contribution is -2.25. The van der Waals surface area contributed by atoms with E-state index in [0.717, 1.165) is 17.0 Å². The molecule has 0 saturated carbocycles. The third kappa shape index (κ3) is 1.65. The Morgan fingerprint density at radius 3 is 2.50 bits per heavy atom.